The molecule has 0 radical (unpaired) electrons. The van der Waals surface area contributed by atoms with Crippen molar-refractivity contribution in [3.8, 4) is 0 Å². The Balaban J connectivity index is 1.85. The van der Waals surface area contributed by atoms with Gasteiger partial charge >= 0.3 is 0 Å². The van der Waals surface area contributed by atoms with Crippen LogP contribution in [0.25, 0.3) is 0 Å². The van der Waals surface area contributed by atoms with Crippen molar-refractivity contribution in [2.24, 2.45) is 0 Å². The molecule has 0 aliphatic heterocycles. The maximum absolute atomic E-state index is 4.33. The van der Waals surface area contributed by atoms with Gasteiger partial charge < -0.3 is 9.88 Å². The van der Waals surface area contributed by atoms with Crippen molar-refractivity contribution in [1.82, 2.24) is 9.55 Å². The summed E-state index contributed by atoms with van der Waals surface area (Å²) in [5.41, 5.74) is 1.40. The standard InChI is InChI=1S/C15H21N3/c1-13(2)17-15-16-10-12-18(15)11-6-9-14-7-4-3-5-8-14/h3-5,7-8,10,12-13H,6,9,11H2,1-2H3,(H,16,17). The zero-order valence-electron chi connectivity index (χ0n) is 11.1. The molecule has 0 amide bonds. The highest BCUT2D eigenvalue weighted by Gasteiger charge is 2.03. The van der Waals surface area contributed by atoms with Gasteiger partial charge in [-0.3, -0.25) is 0 Å². The van der Waals surface area contributed by atoms with Crippen LogP contribution in [0, 0.1) is 0 Å². The first kappa shape index (κ1) is 12.7. The summed E-state index contributed by atoms with van der Waals surface area (Å²) in [7, 11) is 0. The molecule has 1 aromatic carbocycles. The van der Waals surface area contributed by atoms with E-state index in [1.165, 1.54) is 5.56 Å². The highest BCUT2D eigenvalue weighted by Crippen LogP contribution is 2.09. The molecule has 0 aliphatic rings. The monoisotopic (exact) mass is 243 g/mol. The van der Waals surface area contributed by atoms with E-state index in [-0.39, 0.29) is 0 Å². The SMILES string of the molecule is CC(C)Nc1nccn1CCCc1ccccc1. The van der Waals surface area contributed by atoms with Gasteiger partial charge in [0.05, 0.1) is 0 Å². The maximum atomic E-state index is 4.33. The number of aryl methyl sites for hydroxylation is 2. The van der Waals surface area contributed by atoms with Crippen molar-refractivity contribution in [2.45, 2.75) is 39.3 Å². The van der Waals surface area contributed by atoms with Gasteiger partial charge in [0.2, 0.25) is 5.95 Å². The van der Waals surface area contributed by atoms with Gasteiger partial charge in [0.15, 0.2) is 0 Å². The predicted octanol–water partition coefficient (Wildman–Crippen LogP) is 3.34. The Hall–Kier alpha value is -1.77. The second kappa shape index (κ2) is 6.24. The lowest BCUT2D eigenvalue weighted by molar-refractivity contribution is 0.641. The molecule has 1 aromatic heterocycles. The van der Waals surface area contributed by atoms with Gasteiger partial charge in [-0.05, 0) is 32.3 Å². The van der Waals surface area contributed by atoms with Crippen LogP contribution in [0.15, 0.2) is 42.7 Å². The lowest BCUT2D eigenvalue weighted by Crippen LogP contribution is -2.14. The first-order valence-corrected chi connectivity index (χ1v) is 6.57. The third-order valence-electron chi connectivity index (χ3n) is 2.84. The number of rotatable bonds is 6. The van der Waals surface area contributed by atoms with Crippen LogP contribution in [0.4, 0.5) is 5.95 Å². The summed E-state index contributed by atoms with van der Waals surface area (Å²) in [5.74, 6) is 0.970. The fraction of sp³-hybridized carbons (Fsp3) is 0.400. The van der Waals surface area contributed by atoms with Gasteiger partial charge in [-0.1, -0.05) is 30.3 Å². The fourth-order valence-corrected chi connectivity index (χ4v) is 1.99. The molecule has 2 aromatic rings. The van der Waals surface area contributed by atoms with E-state index in [2.05, 4.69) is 59.0 Å². The summed E-state index contributed by atoms with van der Waals surface area (Å²) in [6.07, 6.45) is 6.14. The average molecular weight is 243 g/mol. The Morgan fingerprint density at radius 2 is 2.00 bits per heavy atom. The summed E-state index contributed by atoms with van der Waals surface area (Å²) in [6, 6.07) is 11.0. The summed E-state index contributed by atoms with van der Waals surface area (Å²) < 4.78 is 2.18. The third kappa shape index (κ3) is 3.62. The highest BCUT2D eigenvalue weighted by atomic mass is 15.2. The van der Waals surface area contributed by atoms with Gasteiger partial charge in [-0.2, -0.15) is 0 Å². The lowest BCUT2D eigenvalue weighted by Gasteiger charge is -2.12. The molecule has 1 heterocycles. The molecular weight excluding hydrogens is 222 g/mol. The lowest BCUT2D eigenvalue weighted by atomic mass is 10.1. The van der Waals surface area contributed by atoms with E-state index >= 15 is 0 Å². The van der Waals surface area contributed by atoms with Gasteiger partial charge in [-0.25, -0.2) is 4.98 Å². The predicted molar refractivity (Wildman–Crippen MR) is 75.7 cm³/mol. The molecule has 0 aliphatic carbocycles. The molecule has 96 valence electrons. The first-order chi connectivity index (χ1) is 8.75. The van der Waals surface area contributed by atoms with E-state index in [0.717, 1.165) is 25.3 Å². The first-order valence-electron chi connectivity index (χ1n) is 6.57. The van der Waals surface area contributed by atoms with Crippen LogP contribution in [0.3, 0.4) is 0 Å². The van der Waals surface area contributed by atoms with Crippen molar-refractivity contribution < 1.29 is 0 Å². The Morgan fingerprint density at radius 1 is 1.22 bits per heavy atom. The minimum atomic E-state index is 0.417. The van der Waals surface area contributed by atoms with Crippen molar-refractivity contribution in [3.05, 3.63) is 48.3 Å². The smallest absolute Gasteiger partial charge is 0.202 e. The molecule has 0 saturated carbocycles. The second-order valence-corrected chi connectivity index (χ2v) is 4.83. The molecule has 0 bridgehead atoms. The molecule has 2 rings (SSSR count). The number of imidazole rings is 1. The van der Waals surface area contributed by atoms with Crippen LogP contribution in [0.5, 0.6) is 0 Å². The van der Waals surface area contributed by atoms with Crippen LogP contribution < -0.4 is 5.32 Å². The zero-order valence-corrected chi connectivity index (χ0v) is 11.1. The van der Waals surface area contributed by atoms with Gasteiger partial charge in [0.1, 0.15) is 0 Å². The number of anilines is 1. The molecule has 0 unspecified atom stereocenters. The van der Waals surface area contributed by atoms with Gasteiger partial charge in [0, 0.05) is 25.0 Å². The topological polar surface area (TPSA) is 29.9 Å². The van der Waals surface area contributed by atoms with Crippen LogP contribution >= 0.6 is 0 Å². The molecule has 0 fully saturated rings. The van der Waals surface area contributed by atoms with E-state index in [1.807, 2.05) is 12.4 Å². The van der Waals surface area contributed by atoms with Crippen molar-refractivity contribution in [1.29, 1.82) is 0 Å². The maximum Gasteiger partial charge on any atom is 0.202 e. The zero-order chi connectivity index (χ0) is 12.8. The number of aromatic nitrogens is 2. The molecule has 3 nitrogen and oxygen atoms in total. The highest BCUT2D eigenvalue weighted by molar-refractivity contribution is 5.26. The van der Waals surface area contributed by atoms with Crippen molar-refractivity contribution in [2.75, 3.05) is 5.32 Å². The quantitative estimate of drug-likeness (QED) is 0.843. The third-order valence-corrected chi connectivity index (χ3v) is 2.84. The van der Waals surface area contributed by atoms with Crippen LogP contribution in [0.1, 0.15) is 25.8 Å². The average Bonchev–Trinajstić information content (AvgIpc) is 2.77. The van der Waals surface area contributed by atoms with Crippen molar-refractivity contribution in [3.63, 3.8) is 0 Å². The number of hydrogen-bond donors (Lipinski definition) is 1. The summed E-state index contributed by atoms with van der Waals surface area (Å²) >= 11 is 0. The van der Waals surface area contributed by atoms with E-state index in [4.69, 9.17) is 0 Å². The van der Waals surface area contributed by atoms with Gasteiger partial charge in [0.25, 0.3) is 0 Å². The van der Waals surface area contributed by atoms with Crippen molar-refractivity contribution >= 4 is 5.95 Å². The number of benzene rings is 1. The Bertz CT molecular complexity index is 460. The van der Waals surface area contributed by atoms with E-state index < -0.39 is 0 Å². The molecule has 0 atom stereocenters. The van der Waals surface area contributed by atoms with Crippen LogP contribution in [-0.2, 0) is 13.0 Å². The van der Waals surface area contributed by atoms with E-state index in [1.54, 1.807) is 0 Å². The Labute approximate surface area is 109 Å². The largest absolute Gasteiger partial charge is 0.353 e. The second-order valence-electron chi connectivity index (χ2n) is 4.83. The van der Waals surface area contributed by atoms with Crippen LogP contribution in [-0.4, -0.2) is 15.6 Å². The van der Waals surface area contributed by atoms with Gasteiger partial charge in [-0.15, -0.1) is 0 Å². The molecule has 0 saturated heterocycles. The summed E-state index contributed by atoms with van der Waals surface area (Å²) in [4.78, 5) is 4.33. The molecule has 0 spiro atoms. The molecule has 3 heteroatoms. The summed E-state index contributed by atoms with van der Waals surface area (Å²) in [5, 5.41) is 3.35. The normalized spacial score (nSPS) is 10.8. The number of nitrogens with one attached hydrogen (secondary N) is 1. The minimum absolute atomic E-state index is 0.417. The number of nitrogens with zero attached hydrogens (tertiary/aromatic N) is 2. The number of hydrogen-bond acceptors (Lipinski definition) is 2. The Kier molecular flexibility index (Phi) is 4.40. The van der Waals surface area contributed by atoms with E-state index in [0.29, 0.717) is 6.04 Å². The molecule has 1 N–H and O–H groups in total. The molecule has 18 heavy (non-hydrogen) atoms. The van der Waals surface area contributed by atoms with Crippen LogP contribution in [0.2, 0.25) is 0 Å². The fourth-order valence-electron chi connectivity index (χ4n) is 1.99. The molecular formula is C15H21N3. The van der Waals surface area contributed by atoms with E-state index in [9.17, 15) is 0 Å². The minimum Gasteiger partial charge on any atom is -0.353 e. The summed E-state index contributed by atoms with van der Waals surface area (Å²) in [6.45, 7) is 5.26. The Morgan fingerprint density at radius 3 is 2.72 bits per heavy atom.